The number of methoxy groups -OCH3 is 1. The molecule has 2 aromatic rings. The van der Waals surface area contributed by atoms with Gasteiger partial charge in [-0.15, -0.1) is 0 Å². The number of nitrogens with one attached hydrogen (secondary N) is 1. The SMILES string of the molecule is COc1nc2c(NC3CCN(C(C)C)CC3)c3c(nc2cc1OCCCN1CCCC1)CCC3. The quantitative estimate of drug-likeness (QED) is 0.553. The second-order valence-corrected chi connectivity index (χ2v) is 10.4. The number of likely N-dealkylation sites (tertiary alicyclic amines) is 2. The van der Waals surface area contributed by atoms with E-state index in [0.29, 0.717) is 30.3 Å². The maximum atomic E-state index is 6.16. The Morgan fingerprint density at radius 1 is 1.06 bits per heavy atom. The van der Waals surface area contributed by atoms with Crippen LogP contribution >= 0.6 is 0 Å². The maximum absolute atomic E-state index is 6.16. The molecule has 0 spiro atoms. The molecule has 0 unspecified atom stereocenters. The number of pyridine rings is 2. The highest BCUT2D eigenvalue weighted by atomic mass is 16.5. The standard InChI is InChI=1S/C27H41N5O2/c1-19(2)32-15-10-20(11-16-32)28-25-21-8-6-9-22(21)29-23-18-24(27(33-3)30-26(23)25)34-17-7-14-31-12-4-5-13-31/h18-20H,4-17H2,1-3H3,(H,28,29). The molecule has 1 aliphatic carbocycles. The summed E-state index contributed by atoms with van der Waals surface area (Å²) in [5.41, 5.74) is 5.60. The highest BCUT2D eigenvalue weighted by molar-refractivity contribution is 5.92. The lowest BCUT2D eigenvalue weighted by Crippen LogP contribution is -2.42. The average molecular weight is 468 g/mol. The Bertz CT molecular complexity index is 981. The fourth-order valence-corrected chi connectivity index (χ4v) is 5.79. The van der Waals surface area contributed by atoms with Crippen LogP contribution in [-0.4, -0.2) is 78.3 Å². The average Bonchev–Trinajstić information content (AvgIpc) is 3.53. The highest BCUT2D eigenvalue weighted by Gasteiger charge is 2.26. The van der Waals surface area contributed by atoms with Gasteiger partial charge in [-0.1, -0.05) is 0 Å². The number of hydrogen-bond acceptors (Lipinski definition) is 7. The molecular weight excluding hydrogens is 426 g/mol. The normalized spacial score (nSPS) is 19.8. The predicted octanol–water partition coefficient (Wildman–Crippen LogP) is 4.28. The molecule has 2 fully saturated rings. The van der Waals surface area contributed by atoms with Crippen LogP contribution in [0.1, 0.15) is 63.6 Å². The third-order valence-corrected chi connectivity index (χ3v) is 7.79. The van der Waals surface area contributed by atoms with Gasteiger partial charge in [0.1, 0.15) is 5.52 Å². The summed E-state index contributed by atoms with van der Waals surface area (Å²) in [5.74, 6) is 1.27. The minimum absolute atomic E-state index is 0.472. The van der Waals surface area contributed by atoms with E-state index in [1.807, 2.05) is 6.07 Å². The number of aryl methyl sites for hydroxylation is 1. The first kappa shape index (κ1) is 23.6. The minimum Gasteiger partial charge on any atom is -0.488 e. The summed E-state index contributed by atoms with van der Waals surface area (Å²) in [6.07, 6.45) is 9.27. The molecule has 2 aromatic heterocycles. The van der Waals surface area contributed by atoms with Gasteiger partial charge >= 0.3 is 0 Å². The molecule has 7 heteroatoms. The van der Waals surface area contributed by atoms with Gasteiger partial charge in [0.2, 0.25) is 0 Å². The fourth-order valence-electron chi connectivity index (χ4n) is 5.79. The lowest BCUT2D eigenvalue weighted by Gasteiger charge is -2.35. The van der Waals surface area contributed by atoms with Gasteiger partial charge < -0.3 is 24.6 Å². The van der Waals surface area contributed by atoms with Crippen LogP contribution < -0.4 is 14.8 Å². The van der Waals surface area contributed by atoms with E-state index in [0.717, 1.165) is 69.2 Å². The van der Waals surface area contributed by atoms with Crippen LogP contribution in [0.2, 0.25) is 0 Å². The molecule has 4 heterocycles. The fraction of sp³-hybridized carbons (Fsp3) is 0.704. The molecule has 0 bridgehead atoms. The summed E-state index contributed by atoms with van der Waals surface area (Å²) in [5, 5.41) is 3.91. The molecule has 0 atom stereocenters. The number of anilines is 1. The molecular formula is C27H41N5O2. The molecule has 0 amide bonds. The van der Waals surface area contributed by atoms with Crippen LogP contribution in [0, 0.1) is 0 Å². The van der Waals surface area contributed by atoms with Gasteiger partial charge in [-0.2, -0.15) is 0 Å². The third kappa shape index (κ3) is 5.10. The van der Waals surface area contributed by atoms with Crippen molar-refractivity contribution in [1.29, 1.82) is 0 Å². The van der Waals surface area contributed by atoms with Crippen LogP contribution in [-0.2, 0) is 12.8 Å². The van der Waals surface area contributed by atoms with E-state index in [2.05, 4.69) is 29.0 Å². The third-order valence-electron chi connectivity index (χ3n) is 7.79. The number of aromatic nitrogens is 2. The zero-order valence-corrected chi connectivity index (χ0v) is 21.2. The Balaban J connectivity index is 1.35. The van der Waals surface area contributed by atoms with Crippen LogP contribution in [0.25, 0.3) is 11.0 Å². The van der Waals surface area contributed by atoms with Crippen molar-refractivity contribution < 1.29 is 9.47 Å². The van der Waals surface area contributed by atoms with E-state index < -0.39 is 0 Å². The van der Waals surface area contributed by atoms with Crippen molar-refractivity contribution in [3.63, 3.8) is 0 Å². The topological polar surface area (TPSA) is 62.8 Å². The van der Waals surface area contributed by atoms with Crippen molar-refractivity contribution >= 4 is 16.7 Å². The molecule has 0 radical (unpaired) electrons. The largest absolute Gasteiger partial charge is 0.488 e. The van der Waals surface area contributed by atoms with Crippen molar-refractivity contribution in [1.82, 2.24) is 19.8 Å². The zero-order chi connectivity index (χ0) is 23.5. The van der Waals surface area contributed by atoms with Gasteiger partial charge in [0.05, 0.1) is 24.9 Å². The number of nitrogens with zero attached hydrogens (tertiary/aromatic N) is 4. The molecule has 34 heavy (non-hydrogen) atoms. The summed E-state index contributed by atoms with van der Waals surface area (Å²) in [7, 11) is 1.68. The summed E-state index contributed by atoms with van der Waals surface area (Å²) in [6.45, 7) is 11.1. The van der Waals surface area contributed by atoms with Crippen molar-refractivity contribution in [2.24, 2.45) is 0 Å². The van der Waals surface area contributed by atoms with Crippen molar-refractivity contribution in [3.8, 4) is 11.6 Å². The van der Waals surface area contributed by atoms with E-state index in [-0.39, 0.29) is 0 Å². The number of rotatable bonds is 9. The first-order valence-corrected chi connectivity index (χ1v) is 13.4. The molecule has 2 saturated heterocycles. The Labute approximate surface area is 204 Å². The molecule has 5 rings (SSSR count). The molecule has 1 N–H and O–H groups in total. The monoisotopic (exact) mass is 467 g/mol. The van der Waals surface area contributed by atoms with Crippen LogP contribution in [0.15, 0.2) is 6.07 Å². The second-order valence-electron chi connectivity index (χ2n) is 10.4. The summed E-state index contributed by atoms with van der Waals surface area (Å²) in [6, 6.07) is 3.13. The molecule has 2 aliphatic heterocycles. The van der Waals surface area contributed by atoms with Crippen molar-refractivity contribution in [3.05, 3.63) is 17.3 Å². The molecule has 0 aromatic carbocycles. The molecule has 7 nitrogen and oxygen atoms in total. The number of piperidine rings is 1. The first-order valence-electron chi connectivity index (χ1n) is 13.4. The maximum Gasteiger partial charge on any atom is 0.257 e. The molecule has 186 valence electrons. The van der Waals surface area contributed by atoms with Crippen LogP contribution in [0.3, 0.4) is 0 Å². The van der Waals surface area contributed by atoms with E-state index in [1.165, 1.54) is 42.9 Å². The van der Waals surface area contributed by atoms with Crippen LogP contribution in [0.4, 0.5) is 5.69 Å². The first-order chi connectivity index (χ1) is 16.6. The number of fused-ring (bicyclic) bond motifs is 2. The second kappa shape index (κ2) is 10.6. The van der Waals surface area contributed by atoms with Gasteiger partial charge in [0.25, 0.3) is 5.88 Å². The Morgan fingerprint density at radius 2 is 1.85 bits per heavy atom. The van der Waals surface area contributed by atoms with Gasteiger partial charge in [0.15, 0.2) is 5.75 Å². The Hall–Kier alpha value is -2.12. The molecule has 0 saturated carbocycles. The van der Waals surface area contributed by atoms with Crippen molar-refractivity contribution in [2.45, 2.75) is 77.3 Å². The molecule has 3 aliphatic rings. The van der Waals surface area contributed by atoms with Gasteiger partial charge in [0, 0.05) is 43.5 Å². The van der Waals surface area contributed by atoms with Crippen molar-refractivity contribution in [2.75, 3.05) is 51.8 Å². The smallest absolute Gasteiger partial charge is 0.257 e. The zero-order valence-electron chi connectivity index (χ0n) is 21.2. The summed E-state index contributed by atoms with van der Waals surface area (Å²) >= 11 is 0. The van der Waals surface area contributed by atoms with E-state index in [4.69, 9.17) is 19.4 Å². The Kier molecular flexibility index (Phi) is 7.40. The van der Waals surface area contributed by atoms with E-state index in [9.17, 15) is 0 Å². The van der Waals surface area contributed by atoms with E-state index in [1.54, 1.807) is 7.11 Å². The van der Waals surface area contributed by atoms with Gasteiger partial charge in [-0.25, -0.2) is 4.98 Å². The van der Waals surface area contributed by atoms with E-state index >= 15 is 0 Å². The lowest BCUT2D eigenvalue weighted by atomic mass is 10.0. The number of hydrogen-bond donors (Lipinski definition) is 1. The Morgan fingerprint density at radius 3 is 2.59 bits per heavy atom. The summed E-state index contributed by atoms with van der Waals surface area (Å²) < 4.78 is 11.8. The van der Waals surface area contributed by atoms with Gasteiger partial charge in [-0.05, 0) is 83.9 Å². The summed E-state index contributed by atoms with van der Waals surface area (Å²) in [4.78, 5) is 15.1. The minimum atomic E-state index is 0.472. The van der Waals surface area contributed by atoms with Crippen LogP contribution in [0.5, 0.6) is 11.6 Å². The lowest BCUT2D eigenvalue weighted by molar-refractivity contribution is 0.177. The number of ether oxygens (including phenoxy) is 2. The predicted molar refractivity (Wildman–Crippen MR) is 137 cm³/mol. The van der Waals surface area contributed by atoms with Gasteiger partial charge in [-0.3, -0.25) is 4.98 Å². The highest BCUT2D eigenvalue weighted by Crippen LogP contribution is 2.38.